The van der Waals surface area contributed by atoms with Crippen molar-refractivity contribution < 1.29 is 27.1 Å². The molecule has 10 nitrogen and oxygen atoms in total. The molecule has 11 heteroatoms. The van der Waals surface area contributed by atoms with Gasteiger partial charge in [0, 0.05) is 24.7 Å². The fourth-order valence-electron chi connectivity index (χ4n) is 4.26. The molecule has 0 radical (unpaired) electrons. The van der Waals surface area contributed by atoms with Gasteiger partial charge in [-0.2, -0.15) is 4.31 Å². The van der Waals surface area contributed by atoms with E-state index in [4.69, 9.17) is 13.9 Å². The van der Waals surface area contributed by atoms with Gasteiger partial charge in [-0.3, -0.25) is 10.1 Å². The third-order valence-corrected chi connectivity index (χ3v) is 7.72. The highest BCUT2D eigenvalue weighted by Gasteiger charge is 2.31. The van der Waals surface area contributed by atoms with E-state index in [1.54, 1.807) is 25.3 Å². The largest absolute Gasteiger partial charge is 0.497 e. The summed E-state index contributed by atoms with van der Waals surface area (Å²) in [4.78, 5) is 12.8. The van der Waals surface area contributed by atoms with Crippen molar-refractivity contribution in [3.05, 3.63) is 48.0 Å². The fraction of sp³-hybridized carbons (Fsp3) is 0.375. The summed E-state index contributed by atoms with van der Waals surface area (Å²) in [7, 11) is -0.574. The summed E-state index contributed by atoms with van der Waals surface area (Å²) in [6.45, 7) is 5.10. The Morgan fingerprint density at radius 2 is 1.71 bits per heavy atom. The van der Waals surface area contributed by atoms with Crippen LogP contribution in [0.3, 0.4) is 0 Å². The van der Waals surface area contributed by atoms with Crippen LogP contribution in [0.25, 0.3) is 11.5 Å². The zero-order valence-electron chi connectivity index (χ0n) is 20.0. The molecule has 186 valence electrons. The maximum atomic E-state index is 13.1. The highest BCUT2D eigenvalue weighted by Crippen LogP contribution is 2.33. The lowest BCUT2D eigenvalue weighted by Crippen LogP contribution is -2.42. The van der Waals surface area contributed by atoms with Gasteiger partial charge in [-0.15, -0.1) is 5.10 Å². The number of ether oxygens (including phenoxy) is 2. The van der Waals surface area contributed by atoms with Crippen LogP contribution in [0.4, 0.5) is 6.01 Å². The number of rotatable bonds is 7. The van der Waals surface area contributed by atoms with E-state index in [0.29, 0.717) is 42.0 Å². The molecule has 0 spiro atoms. The topological polar surface area (TPSA) is 124 Å². The number of methoxy groups -OCH3 is 2. The Balaban J connectivity index is 1.47. The normalized spacial score (nSPS) is 18.7. The van der Waals surface area contributed by atoms with Gasteiger partial charge in [-0.1, -0.05) is 18.9 Å². The number of aromatic nitrogens is 2. The molecule has 1 N–H and O–H groups in total. The van der Waals surface area contributed by atoms with Crippen molar-refractivity contribution in [3.8, 4) is 23.0 Å². The van der Waals surface area contributed by atoms with E-state index in [9.17, 15) is 13.2 Å². The standard InChI is InChI=1S/C24H28N4O6S/c1-15-11-16(2)14-28(13-15)35(30,31)19-8-5-17(6-9-19)22(29)25-24-27-26-23(34-24)20-10-7-18(32-3)12-21(20)33-4/h5-10,12,15-16H,11,13-14H2,1-4H3,(H,25,27,29)/t15-,16-/m1/s1. The van der Waals surface area contributed by atoms with E-state index in [-0.39, 0.29) is 22.4 Å². The van der Waals surface area contributed by atoms with Crippen LogP contribution in [0.2, 0.25) is 0 Å². The average molecular weight is 501 g/mol. The molecule has 1 aliphatic rings. The van der Waals surface area contributed by atoms with Crippen molar-refractivity contribution in [1.82, 2.24) is 14.5 Å². The number of amides is 1. The van der Waals surface area contributed by atoms with Crippen molar-refractivity contribution >= 4 is 21.9 Å². The predicted octanol–water partition coefficient (Wildman–Crippen LogP) is 3.67. The Morgan fingerprint density at radius 1 is 1.03 bits per heavy atom. The smallest absolute Gasteiger partial charge is 0.322 e. The molecule has 1 fully saturated rings. The van der Waals surface area contributed by atoms with Crippen LogP contribution in [-0.2, 0) is 10.0 Å². The van der Waals surface area contributed by atoms with E-state index in [2.05, 4.69) is 29.4 Å². The molecule has 2 heterocycles. The Labute approximate surface area is 204 Å². The number of sulfonamides is 1. The summed E-state index contributed by atoms with van der Waals surface area (Å²) in [6.07, 6.45) is 1.01. The van der Waals surface area contributed by atoms with Crippen LogP contribution in [0.5, 0.6) is 11.5 Å². The molecule has 0 bridgehead atoms. The minimum absolute atomic E-state index is 0.101. The summed E-state index contributed by atoms with van der Waals surface area (Å²) >= 11 is 0. The first-order chi connectivity index (χ1) is 16.7. The first-order valence-electron chi connectivity index (χ1n) is 11.2. The van der Waals surface area contributed by atoms with E-state index in [1.807, 2.05) is 0 Å². The maximum Gasteiger partial charge on any atom is 0.322 e. The number of nitrogens with zero attached hydrogens (tertiary/aromatic N) is 3. The van der Waals surface area contributed by atoms with Gasteiger partial charge in [0.05, 0.1) is 24.7 Å². The van der Waals surface area contributed by atoms with E-state index in [1.165, 1.54) is 35.7 Å². The zero-order valence-corrected chi connectivity index (χ0v) is 20.8. The first kappa shape index (κ1) is 24.7. The van der Waals surface area contributed by atoms with Crippen LogP contribution >= 0.6 is 0 Å². The number of hydrogen-bond acceptors (Lipinski definition) is 8. The van der Waals surface area contributed by atoms with E-state index < -0.39 is 15.9 Å². The SMILES string of the molecule is COc1ccc(-c2nnc(NC(=O)c3ccc(S(=O)(=O)N4C[C@H](C)C[C@@H](C)C4)cc3)o2)c(OC)c1. The third kappa shape index (κ3) is 5.30. The molecule has 0 unspecified atom stereocenters. The van der Waals surface area contributed by atoms with Gasteiger partial charge in [-0.05, 0) is 54.7 Å². The number of nitrogens with one attached hydrogen (secondary N) is 1. The van der Waals surface area contributed by atoms with Crippen molar-refractivity contribution in [2.75, 3.05) is 32.6 Å². The molecule has 1 aliphatic heterocycles. The Morgan fingerprint density at radius 3 is 2.34 bits per heavy atom. The maximum absolute atomic E-state index is 13.1. The second kappa shape index (κ2) is 10.0. The molecule has 1 aromatic heterocycles. The van der Waals surface area contributed by atoms with Crippen molar-refractivity contribution in [2.45, 2.75) is 25.2 Å². The summed E-state index contributed by atoms with van der Waals surface area (Å²) < 4.78 is 43.7. The predicted molar refractivity (Wildman–Crippen MR) is 129 cm³/mol. The van der Waals surface area contributed by atoms with Crippen LogP contribution in [-0.4, -0.2) is 56.1 Å². The summed E-state index contributed by atoms with van der Waals surface area (Å²) in [5.74, 6) is 1.33. The number of carbonyl (C=O) groups excluding carboxylic acids is 1. The van der Waals surface area contributed by atoms with Crippen LogP contribution in [0.15, 0.2) is 51.8 Å². The minimum atomic E-state index is -3.63. The summed E-state index contributed by atoms with van der Waals surface area (Å²) in [5, 5.41) is 10.4. The van der Waals surface area contributed by atoms with Gasteiger partial charge in [0.25, 0.3) is 11.8 Å². The monoisotopic (exact) mass is 500 g/mol. The molecule has 1 saturated heterocycles. The molecule has 0 saturated carbocycles. The van der Waals surface area contributed by atoms with Gasteiger partial charge >= 0.3 is 6.01 Å². The molecular weight excluding hydrogens is 472 g/mol. The molecular formula is C24H28N4O6S. The molecule has 0 aliphatic carbocycles. The van der Waals surface area contributed by atoms with Crippen molar-refractivity contribution in [3.63, 3.8) is 0 Å². The number of piperidine rings is 1. The molecule has 2 aromatic carbocycles. The van der Waals surface area contributed by atoms with Crippen LogP contribution in [0, 0.1) is 11.8 Å². The van der Waals surface area contributed by atoms with E-state index >= 15 is 0 Å². The second-order valence-electron chi connectivity index (χ2n) is 8.73. The van der Waals surface area contributed by atoms with Gasteiger partial charge < -0.3 is 13.9 Å². The summed E-state index contributed by atoms with van der Waals surface area (Å²) in [5.41, 5.74) is 0.795. The highest BCUT2D eigenvalue weighted by molar-refractivity contribution is 7.89. The highest BCUT2D eigenvalue weighted by atomic mass is 32.2. The van der Waals surface area contributed by atoms with Gasteiger partial charge in [0.1, 0.15) is 11.5 Å². The van der Waals surface area contributed by atoms with Gasteiger partial charge in [0.15, 0.2) is 0 Å². The van der Waals surface area contributed by atoms with Gasteiger partial charge in [0.2, 0.25) is 10.0 Å². The number of benzene rings is 2. The van der Waals surface area contributed by atoms with Gasteiger partial charge in [-0.25, -0.2) is 8.42 Å². The molecule has 2 atom stereocenters. The van der Waals surface area contributed by atoms with Crippen LogP contribution in [0.1, 0.15) is 30.6 Å². The number of hydrogen-bond donors (Lipinski definition) is 1. The number of carbonyl (C=O) groups is 1. The lowest BCUT2D eigenvalue weighted by Gasteiger charge is -2.34. The Hall–Kier alpha value is -3.44. The average Bonchev–Trinajstić information content (AvgIpc) is 3.31. The number of anilines is 1. The lowest BCUT2D eigenvalue weighted by atomic mass is 9.94. The first-order valence-corrected chi connectivity index (χ1v) is 12.6. The van der Waals surface area contributed by atoms with Crippen molar-refractivity contribution in [1.29, 1.82) is 0 Å². The molecule has 1 amide bonds. The third-order valence-electron chi connectivity index (χ3n) is 5.87. The molecule has 4 rings (SSSR count). The second-order valence-corrected chi connectivity index (χ2v) is 10.7. The fourth-order valence-corrected chi connectivity index (χ4v) is 5.94. The van der Waals surface area contributed by atoms with E-state index in [0.717, 1.165) is 6.42 Å². The quantitative estimate of drug-likeness (QED) is 0.521. The lowest BCUT2D eigenvalue weighted by molar-refractivity contribution is 0.102. The Bertz CT molecular complexity index is 1300. The summed E-state index contributed by atoms with van der Waals surface area (Å²) in [6, 6.07) is 10.8. The minimum Gasteiger partial charge on any atom is -0.497 e. The molecule has 35 heavy (non-hydrogen) atoms. The van der Waals surface area contributed by atoms with Crippen molar-refractivity contribution in [2.24, 2.45) is 11.8 Å². The van der Waals surface area contributed by atoms with Crippen LogP contribution < -0.4 is 14.8 Å². The Kier molecular flexibility index (Phi) is 7.08. The zero-order chi connectivity index (χ0) is 25.2. The molecule has 3 aromatic rings.